The number of aliphatic hydroxyl groups excluding tert-OH is 4. The first kappa shape index (κ1) is 49.4. The Morgan fingerprint density at radius 2 is 0.800 bits per heavy atom. The van der Waals surface area contributed by atoms with E-state index >= 15 is 0 Å². The first-order valence-corrected chi connectivity index (χ1v) is 24.5. The number of esters is 4. The van der Waals surface area contributed by atoms with E-state index < -0.39 is 24.4 Å². The van der Waals surface area contributed by atoms with Gasteiger partial charge in [0.05, 0.1) is 46.7 Å². The molecule has 6 aliphatic heterocycles. The fourth-order valence-electron chi connectivity index (χ4n) is 10.7. The molecule has 0 unspecified atom stereocenters. The summed E-state index contributed by atoms with van der Waals surface area (Å²) in [5.41, 5.74) is 11.1. The van der Waals surface area contributed by atoms with Gasteiger partial charge in [0.1, 0.15) is 25.4 Å². The molecule has 6 atom stereocenters. The summed E-state index contributed by atoms with van der Waals surface area (Å²) < 4.78 is 20.8. The second-order valence-electron chi connectivity index (χ2n) is 19.7. The molecule has 0 bridgehead atoms. The number of piperazine rings is 2. The number of fused-ring (bicyclic) bond motifs is 4. The molecule has 6 heterocycles. The van der Waals surface area contributed by atoms with Crippen LogP contribution in [0.3, 0.4) is 0 Å². The minimum absolute atomic E-state index is 0.151. The molecule has 0 spiro atoms. The van der Waals surface area contributed by atoms with E-state index in [4.69, 9.17) is 18.9 Å². The molecule has 4 N–H and O–H groups in total. The summed E-state index contributed by atoms with van der Waals surface area (Å²) in [6.07, 6.45) is -1.53. The Morgan fingerprint density at radius 1 is 0.471 bits per heavy atom. The Labute approximate surface area is 408 Å². The number of rotatable bonds is 12. The molecular weight excluding hydrogens is 897 g/mol. The fraction of sp³-hybridized carbons (Fsp3) is 0.481. The van der Waals surface area contributed by atoms with Gasteiger partial charge >= 0.3 is 23.9 Å². The van der Waals surface area contributed by atoms with E-state index in [1.54, 1.807) is 24.3 Å². The third-order valence-electron chi connectivity index (χ3n) is 14.9. The average molecular weight is 961 g/mol. The third-order valence-corrected chi connectivity index (χ3v) is 14.9. The number of aliphatic hydroxyl groups is 4. The number of carbonyl (C=O) groups is 4. The van der Waals surface area contributed by atoms with Crippen LogP contribution in [0.15, 0.2) is 60.7 Å². The molecule has 0 amide bonds. The maximum absolute atomic E-state index is 12.0. The minimum Gasteiger partial charge on any atom is -0.459 e. The Hall–Kier alpha value is -5.56. The lowest BCUT2D eigenvalue weighted by molar-refractivity contribution is 0.0289. The molecule has 10 rings (SSSR count). The number of benzene rings is 4. The van der Waals surface area contributed by atoms with Crippen LogP contribution in [0, 0.1) is 13.8 Å². The predicted molar refractivity (Wildman–Crippen MR) is 256 cm³/mol. The normalized spacial score (nSPS) is 22.2. The minimum atomic E-state index is -0.641. The number of hydrogen-bond acceptors (Lipinski definition) is 16. The predicted octanol–water partition coefficient (Wildman–Crippen LogP) is 4.30. The van der Waals surface area contributed by atoms with Crippen LogP contribution in [-0.2, 0) is 45.0 Å². The first-order valence-electron chi connectivity index (χ1n) is 24.5. The molecule has 0 aromatic heterocycles. The second-order valence-corrected chi connectivity index (χ2v) is 19.7. The Bertz CT molecular complexity index is 2460. The maximum Gasteiger partial charge on any atom is 0.338 e. The van der Waals surface area contributed by atoms with E-state index in [1.165, 1.54) is 0 Å². The van der Waals surface area contributed by atoms with Crippen LogP contribution in [0.5, 0.6) is 0 Å². The van der Waals surface area contributed by atoms with Gasteiger partial charge in [0.2, 0.25) is 0 Å². The largest absolute Gasteiger partial charge is 0.459 e. The number of β-amino-alcohol motifs (C(OH)–C–C–N with tert-alkyl or cyclic N) is 4. The van der Waals surface area contributed by atoms with E-state index in [-0.39, 0.29) is 49.3 Å². The van der Waals surface area contributed by atoms with Gasteiger partial charge in [0.25, 0.3) is 0 Å². The van der Waals surface area contributed by atoms with Crippen LogP contribution >= 0.6 is 0 Å². The van der Waals surface area contributed by atoms with Crippen molar-refractivity contribution in [3.05, 3.63) is 139 Å². The van der Waals surface area contributed by atoms with E-state index in [1.807, 2.05) is 64.1 Å². The van der Waals surface area contributed by atoms with Gasteiger partial charge < -0.3 is 39.4 Å². The van der Waals surface area contributed by atoms with Crippen molar-refractivity contribution in [3.8, 4) is 0 Å². The zero-order valence-electron chi connectivity index (χ0n) is 40.4. The monoisotopic (exact) mass is 960 g/mol. The standard InChI is InChI=1S/2C27H32N2O6/c2*1-16-11-19-12-18(3-4-21(19)27(33)35-16)24(30)13-28-7-9-29(10-8-28)14-25(31)20-5-6-22-23(17(20)2)15-34-26(22)32/h2*3-6,12,16,24-25,30-31H,7-11,13-15H2,1-2H3/t16-,24+,25+;16-,24-,25+/m11/s1. The molecule has 6 aliphatic rings. The fourth-order valence-corrected chi connectivity index (χ4v) is 10.7. The van der Waals surface area contributed by atoms with Crippen LogP contribution < -0.4 is 0 Å². The van der Waals surface area contributed by atoms with Gasteiger partial charge in [-0.05, 0) is 96.5 Å². The summed E-state index contributed by atoms with van der Waals surface area (Å²) in [6, 6.07) is 18.2. The molecule has 16 nitrogen and oxygen atoms in total. The molecule has 4 aromatic rings. The smallest absolute Gasteiger partial charge is 0.338 e. The molecule has 0 aliphatic carbocycles. The van der Waals surface area contributed by atoms with Crippen LogP contribution in [0.2, 0.25) is 0 Å². The van der Waals surface area contributed by atoms with Crippen molar-refractivity contribution >= 4 is 23.9 Å². The summed E-state index contributed by atoms with van der Waals surface area (Å²) in [6.45, 7) is 16.6. The molecule has 0 radical (unpaired) electrons. The number of hydrogen-bond donors (Lipinski definition) is 4. The van der Waals surface area contributed by atoms with Crippen molar-refractivity contribution in [3.63, 3.8) is 0 Å². The molecule has 0 saturated carbocycles. The number of nitrogens with zero attached hydrogens (tertiary/aromatic N) is 4. The van der Waals surface area contributed by atoms with Crippen molar-refractivity contribution in [2.75, 3.05) is 78.5 Å². The van der Waals surface area contributed by atoms with Gasteiger partial charge in [-0.25, -0.2) is 19.2 Å². The van der Waals surface area contributed by atoms with Crippen LogP contribution in [0.4, 0.5) is 0 Å². The zero-order chi connectivity index (χ0) is 49.4. The van der Waals surface area contributed by atoms with Gasteiger partial charge in [0.15, 0.2) is 0 Å². The highest BCUT2D eigenvalue weighted by atomic mass is 16.6. The Kier molecular flexibility index (Phi) is 14.9. The van der Waals surface area contributed by atoms with Gasteiger partial charge in [-0.2, -0.15) is 0 Å². The molecule has 2 saturated heterocycles. The van der Waals surface area contributed by atoms with Gasteiger partial charge in [-0.1, -0.05) is 36.4 Å². The molecule has 2 fully saturated rings. The second kappa shape index (κ2) is 21.0. The summed E-state index contributed by atoms with van der Waals surface area (Å²) in [7, 11) is 0. The summed E-state index contributed by atoms with van der Waals surface area (Å²) >= 11 is 0. The highest BCUT2D eigenvalue weighted by Gasteiger charge is 2.31. The molecular formula is C54H64N4O12. The number of carbonyl (C=O) groups excluding carboxylic acids is 4. The number of ether oxygens (including phenoxy) is 4. The Balaban J connectivity index is 0.000000174. The van der Waals surface area contributed by atoms with Crippen LogP contribution in [0.1, 0.15) is 135 Å². The van der Waals surface area contributed by atoms with Gasteiger partial charge in [0, 0.05) is 103 Å². The van der Waals surface area contributed by atoms with Gasteiger partial charge in [-0.15, -0.1) is 0 Å². The van der Waals surface area contributed by atoms with E-state index in [9.17, 15) is 39.6 Å². The maximum atomic E-state index is 12.0. The molecule has 372 valence electrons. The van der Waals surface area contributed by atoms with Crippen molar-refractivity contribution in [2.45, 2.75) is 90.4 Å². The van der Waals surface area contributed by atoms with Crippen molar-refractivity contribution in [2.24, 2.45) is 0 Å². The lowest BCUT2D eigenvalue weighted by Crippen LogP contribution is -2.48. The summed E-state index contributed by atoms with van der Waals surface area (Å²) in [5, 5.41) is 43.5. The van der Waals surface area contributed by atoms with E-state index in [0.717, 1.165) is 108 Å². The Morgan fingerprint density at radius 3 is 1.16 bits per heavy atom. The average Bonchev–Trinajstić information content (AvgIpc) is 3.92. The summed E-state index contributed by atoms with van der Waals surface area (Å²) in [5.74, 6) is -1.19. The van der Waals surface area contributed by atoms with Crippen molar-refractivity contribution in [1.29, 1.82) is 0 Å². The first-order chi connectivity index (χ1) is 33.6. The van der Waals surface area contributed by atoms with Crippen molar-refractivity contribution < 1.29 is 58.6 Å². The van der Waals surface area contributed by atoms with Crippen molar-refractivity contribution in [1.82, 2.24) is 19.6 Å². The zero-order valence-corrected chi connectivity index (χ0v) is 40.4. The van der Waals surface area contributed by atoms with E-state index in [2.05, 4.69) is 19.6 Å². The topological polar surface area (TPSA) is 199 Å². The van der Waals surface area contributed by atoms with Crippen LogP contribution in [-0.4, -0.2) is 155 Å². The third kappa shape index (κ3) is 10.7. The quantitative estimate of drug-likeness (QED) is 0.116. The lowest BCUT2D eigenvalue weighted by atomic mass is 9.95. The highest BCUT2D eigenvalue weighted by molar-refractivity contribution is 5.95. The molecule has 70 heavy (non-hydrogen) atoms. The lowest BCUT2D eigenvalue weighted by Gasteiger charge is -2.36. The van der Waals surface area contributed by atoms with Gasteiger partial charge in [-0.3, -0.25) is 19.6 Å². The van der Waals surface area contributed by atoms with Crippen LogP contribution in [0.25, 0.3) is 0 Å². The highest BCUT2D eigenvalue weighted by Crippen LogP contribution is 2.32. The van der Waals surface area contributed by atoms with E-state index in [0.29, 0.717) is 61.3 Å². The number of cyclic esters (lactones) is 4. The summed E-state index contributed by atoms with van der Waals surface area (Å²) in [4.78, 5) is 56.5. The molecule has 4 aromatic carbocycles. The SMILES string of the molecule is Cc1c([C@@H](O)CN2CCN(C[C@@H](O)c3ccc4c(c3)C[C@@H](C)OC4=O)CC2)ccc2c1COC2=O.Cc1c([C@@H](O)CN2CCN(C[C@H](O)c3ccc4c(c3)C[C@@H](C)OC4=O)CC2)ccc2c1COC2=O. The molecule has 16 heteroatoms.